The molecule has 0 saturated heterocycles. The maximum atomic E-state index is 10.4. The Morgan fingerprint density at radius 2 is 1.90 bits per heavy atom. The Morgan fingerprint density at radius 3 is 2.00 bits per heavy atom. The Balaban J connectivity index is 3.85. The zero-order valence-corrected chi connectivity index (χ0v) is 7.06. The minimum absolute atomic E-state index is 0.0784. The minimum atomic E-state index is -0.456. The molecule has 2 heteroatoms. The Morgan fingerprint density at radius 1 is 1.50 bits per heavy atom. The van der Waals surface area contributed by atoms with Gasteiger partial charge in [-0.05, 0) is 12.3 Å². The first kappa shape index (κ1) is 9.47. The van der Waals surface area contributed by atoms with Gasteiger partial charge in [0.25, 0.3) is 0 Å². The van der Waals surface area contributed by atoms with Gasteiger partial charge in [0.05, 0.1) is 6.92 Å². The Bertz CT molecular complexity index is 124. The molecule has 10 heavy (non-hydrogen) atoms. The van der Waals surface area contributed by atoms with E-state index in [2.05, 4.69) is 5.32 Å². The van der Waals surface area contributed by atoms with Crippen molar-refractivity contribution in [1.82, 2.24) is 5.32 Å². The SMILES string of the molecule is [CH]C(=O)NC(C)C(C)(C)C. The predicted octanol–water partition coefficient (Wildman–Crippen LogP) is 1.25. The number of rotatable bonds is 1. The van der Waals surface area contributed by atoms with Crippen molar-refractivity contribution in [3.8, 4) is 0 Å². The lowest BCUT2D eigenvalue weighted by Gasteiger charge is -2.27. The Labute approximate surface area is 63.0 Å². The van der Waals surface area contributed by atoms with Crippen molar-refractivity contribution in [3.63, 3.8) is 0 Å². The molecule has 1 N–H and O–H groups in total. The molecule has 0 rings (SSSR count). The number of hydrogen-bond acceptors (Lipinski definition) is 1. The number of amides is 1. The molecule has 0 aliphatic heterocycles. The van der Waals surface area contributed by atoms with Gasteiger partial charge in [0.1, 0.15) is 0 Å². The second-order valence-electron chi connectivity index (χ2n) is 3.60. The van der Waals surface area contributed by atoms with E-state index in [1.165, 1.54) is 0 Å². The third kappa shape index (κ3) is 3.49. The van der Waals surface area contributed by atoms with Crippen LogP contribution in [0.2, 0.25) is 0 Å². The van der Waals surface area contributed by atoms with Crippen molar-refractivity contribution in [3.05, 3.63) is 6.92 Å². The molecule has 0 bridgehead atoms. The lowest BCUT2D eigenvalue weighted by molar-refractivity contribution is -0.118. The van der Waals surface area contributed by atoms with Gasteiger partial charge in [-0.15, -0.1) is 0 Å². The average molecular weight is 141 g/mol. The number of carbonyl (C=O) groups is 1. The van der Waals surface area contributed by atoms with Crippen molar-refractivity contribution in [2.45, 2.75) is 33.7 Å². The van der Waals surface area contributed by atoms with E-state index in [0.29, 0.717) is 0 Å². The topological polar surface area (TPSA) is 29.1 Å². The summed E-state index contributed by atoms with van der Waals surface area (Å²) in [4.78, 5) is 10.4. The molecule has 58 valence electrons. The van der Waals surface area contributed by atoms with E-state index in [9.17, 15) is 4.79 Å². The van der Waals surface area contributed by atoms with Crippen LogP contribution in [0.4, 0.5) is 0 Å². The summed E-state index contributed by atoms with van der Waals surface area (Å²) < 4.78 is 0. The molecule has 0 aromatic carbocycles. The van der Waals surface area contributed by atoms with Gasteiger partial charge in [0.2, 0.25) is 5.91 Å². The molecule has 0 aromatic heterocycles. The fraction of sp³-hybridized carbons (Fsp3) is 0.750. The summed E-state index contributed by atoms with van der Waals surface area (Å²) >= 11 is 0. The van der Waals surface area contributed by atoms with E-state index >= 15 is 0 Å². The molecular weight excluding hydrogens is 126 g/mol. The van der Waals surface area contributed by atoms with Gasteiger partial charge in [0, 0.05) is 6.04 Å². The van der Waals surface area contributed by atoms with Gasteiger partial charge >= 0.3 is 0 Å². The molecule has 0 fully saturated rings. The van der Waals surface area contributed by atoms with Gasteiger partial charge in [-0.25, -0.2) is 0 Å². The zero-order chi connectivity index (χ0) is 8.36. The van der Waals surface area contributed by atoms with Crippen LogP contribution < -0.4 is 5.32 Å². The highest BCUT2D eigenvalue weighted by Gasteiger charge is 2.19. The van der Waals surface area contributed by atoms with E-state index in [1.54, 1.807) is 0 Å². The van der Waals surface area contributed by atoms with Crippen LogP contribution in [0.15, 0.2) is 0 Å². The third-order valence-corrected chi connectivity index (χ3v) is 1.66. The molecule has 0 aliphatic rings. The Hall–Kier alpha value is -0.530. The van der Waals surface area contributed by atoms with Gasteiger partial charge in [-0.2, -0.15) is 0 Å². The third-order valence-electron chi connectivity index (χ3n) is 1.66. The summed E-state index contributed by atoms with van der Waals surface area (Å²) in [5, 5.41) is 2.62. The molecule has 0 aromatic rings. The van der Waals surface area contributed by atoms with Crippen LogP contribution in [-0.2, 0) is 4.79 Å². The molecule has 0 saturated carbocycles. The van der Waals surface area contributed by atoms with Gasteiger partial charge < -0.3 is 5.32 Å². The van der Waals surface area contributed by atoms with E-state index in [1.807, 2.05) is 27.7 Å². The maximum absolute atomic E-state index is 10.4. The van der Waals surface area contributed by atoms with Gasteiger partial charge in [0.15, 0.2) is 0 Å². The van der Waals surface area contributed by atoms with Gasteiger partial charge in [-0.1, -0.05) is 20.8 Å². The number of hydrogen-bond donors (Lipinski definition) is 1. The summed E-state index contributed by atoms with van der Waals surface area (Å²) in [7, 11) is 0. The van der Waals surface area contributed by atoms with Crippen LogP contribution in [0, 0.1) is 12.3 Å². The van der Waals surface area contributed by atoms with Crippen LogP contribution in [0.3, 0.4) is 0 Å². The predicted molar refractivity (Wildman–Crippen MR) is 41.4 cm³/mol. The molecule has 1 atom stereocenters. The molecule has 2 nitrogen and oxygen atoms in total. The minimum Gasteiger partial charge on any atom is -0.353 e. The lowest BCUT2D eigenvalue weighted by Crippen LogP contribution is -2.40. The first-order valence-electron chi connectivity index (χ1n) is 3.40. The van der Waals surface area contributed by atoms with Crippen LogP contribution in [0.5, 0.6) is 0 Å². The van der Waals surface area contributed by atoms with Crippen molar-refractivity contribution in [1.29, 1.82) is 0 Å². The van der Waals surface area contributed by atoms with Crippen molar-refractivity contribution < 1.29 is 4.79 Å². The molecule has 0 heterocycles. The first-order valence-corrected chi connectivity index (χ1v) is 3.40. The normalized spacial score (nSPS) is 14.5. The smallest absolute Gasteiger partial charge is 0.225 e. The molecule has 1 amide bonds. The van der Waals surface area contributed by atoms with E-state index in [-0.39, 0.29) is 11.5 Å². The van der Waals surface area contributed by atoms with Crippen LogP contribution >= 0.6 is 0 Å². The summed E-state index contributed by atoms with van der Waals surface area (Å²) in [6, 6.07) is 0.116. The van der Waals surface area contributed by atoms with E-state index < -0.39 is 5.91 Å². The van der Waals surface area contributed by atoms with Gasteiger partial charge in [-0.3, -0.25) is 4.79 Å². The van der Waals surface area contributed by atoms with Crippen LogP contribution in [-0.4, -0.2) is 11.9 Å². The fourth-order valence-corrected chi connectivity index (χ4v) is 0.430. The van der Waals surface area contributed by atoms with Crippen molar-refractivity contribution >= 4 is 5.91 Å². The lowest BCUT2D eigenvalue weighted by atomic mass is 9.88. The second-order valence-corrected chi connectivity index (χ2v) is 3.60. The average Bonchev–Trinajstić information content (AvgIpc) is 1.60. The number of nitrogens with one attached hydrogen (secondary N) is 1. The standard InChI is InChI=1S/C8H15NO/c1-6(8(3,4)5)9-7(2)10/h2,6H,1,3-5H3,(H,9,10). The maximum Gasteiger partial charge on any atom is 0.225 e. The monoisotopic (exact) mass is 141 g/mol. The van der Waals surface area contributed by atoms with E-state index in [4.69, 9.17) is 6.92 Å². The van der Waals surface area contributed by atoms with E-state index in [0.717, 1.165) is 0 Å². The highest BCUT2D eigenvalue weighted by Crippen LogP contribution is 2.17. The molecule has 0 aliphatic carbocycles. The van der Waals surface area contributed by atoms with Crippen LogP contribution in [0.1, 0.15) is 27.7 Å². The number of carbonyl (C=O) groups excluding carboxylic acids is 1. The molecule has 1 unspecified atom stereocenters. The highest BCUT2D eigenvalue weighted by molar-refractivity contribution is 5.80. The zero-order valence-electron chi connectivity index (χ0n) is 7.06. The largest absolute Gasteiger partial charge is 0.353 e. The fourth-order valence-electron chi connectivity index (χ4n) is 0.430. The van der Waals surface area contributed by atoms with Crippen molar-refractivity contribution in [2.75, 3.05) is 0 Å². The summed E-state index contributed by atoms with van der Waals surface area (Å²) in [6.07, 6.45) is 0. The highest BCUT2D eigenvalue weighted by atomic mass is 16.1. The first-order chi connectivity index (χ1) is 4.34. The summed E-state index contributed by atoms with van der Waals surface area (Å²) in [5.41, 5.74) is 0.0784. The quantitative estimate of drug-likeness (QED) is 0.585. The van der Waals surface area contributed by atoms with Crippen molar-refractivity contribution in [2.24, 2.45) is 5.41 Å². The Kier molecular flexibility index (Phi) is 2.88. The molecule has 0 spiro atoms. The molecular formula is C8H15NO. The summed E-state index contributed by atoms with van der Waals surface area (Å²) in [5.74, 6) is -0.456. The summed E-state index contributed by atoms with van der Waals surface area (Å²) in [6.45, 7) is 13.0. The molecule has 2 radical (unpaired) electrons. The van der Waals surface area contributed by atoms with Crippen LogP contribution in [0.25, 0.3) is 0 Å². The second kappa shape index (κ2) is 3.04.